The molecule has 6 heteroatoms. The van der Waals surface area contributed by atoms with Crippen LogP contribution in [0, 0.1) is 0 Å². The van der Waals surface area contributed by atoms with Crippen LogP contribution in [-0.2, 0) is 0 Å². The fourth-order valence-corrected chi connectivity index (χ4v) is 5.41. The van der Waals surface area contributed by atoms with Gasteiger partial charge in [-0.15, -0.1) is 0 Å². The summed E-state index contributed by atoms with van der Waals surface area (Å²) >= 11 is 6.17. The van der Waals surface area contributed by atoms with Crippen molar-refractivity contribution in [1.82, 2.24) is 9.80 Å². The van der Waals surface area contributed by atoms with E-state index < -0.39 is 0 Å². The molecule has 0 spiro atoms. The van der Waals surface area contributed by atoms with Gasteiger partial charge < -0.3 is 14.5 Å². The highest BCUT2D eigenvalue weighted by atomic mass is 35.5. The molecule has 2 amide bonds. The number of hydrogen-bond donors (Lipinski definition) is 0. The predicted molar refractivity (Wildman–Crippen MR) is 97.5 cm³/mol. The number of carbonyl (C=O) groups excluding carboxylic acids is 1. The molecule has 2 bridgehead atoms. The molecule has 0 radical (unpaired) electrons. The summed E-state index contributed by atoms with van der Waals surface area (Å²) < 4.78 is 5.88. The normalized spacial score (nSPS) is 34.6. The Labute approximate surface area is 153 Å². The second kappa shape index (κ2) is 5.78. The van der Waals surface area contributed by atoms with E-state index in [1.54, 1.807) is 0 Å². The van der Waals surface area contributed by atoms with Gasteiger partial charge in [-0.3, -0.25) is 4.90 Å². The molecule has 25 heavy (non-hydrogen) atoms. The first-order valence-corrected chi connectivity index (χ1v) is 9.73. The summed E-state index contributed by atoms with van der Waals surface area (Å²) in [4.78, 5) is 19.8. The number of benzene rings is 1. The summed E-state index contributed by atoms with van der Waals surface area (Å²) in [5.41, 5.74) is 0.823. The largest absolute Gasteiger partial charge is 0.489 e. The van der Waals surface area contributed by atoms with E-state index in [2.05, 4.69) is 16.8 Å². The van der Waals surface area contributed by atoms with E-state index in [0.29, 0.717) is 29.8 Å². The third-order valence-electron chi connectivity index (χ3n) is 6.59. The molecule has 5 nitrogen and oxygen atoms in total. The van der Waals surface area contributed by atoms with Crippen molar-refractivity contribution in [3.8, 4) is 5.75 Å². The number of piperidine rings is 2. The SMILES string of the molecule is CN1C2CCCC1CC(N1CC3COc4ccc(Cl)cc4N3C1=O)C2. The lowest BCUT2D eigenvalue weighted by Crippen LogP contribution is -2.56. The van der Waals surface area contributed by atoms with Crippen molar-refractivity contribution in [2.45, 2.75) is 56.3 Å². The molecule has 0 aliphatic carbocycles. The van der Waals surface area contributed by atoms with Crippen LogP contribution in [0.2, 0.25) is 5.02 Å². The molecule has 1 aromatic rings. The van der Waals surface area contributed by atoms with Gasteiger partial charge in [0.2, 0.25) is 0 Å². The average molecular weight is 362 g/mol. The minimum atomic E-state index is 0.0953. The van der Waals surface area contributed by atoms with E-state index in [0.717, 1.165) is 30.8 Å². The average Bonchev–Trinajstić information content (AvgIpc) is 2.92. The van der Waals surface area contributed by atoms with Crippen LogP contribution in [0.3, 0.4) is 0 Å². The van der Waals surface area contributed by atoms with Crippen molar-refractivity contribution in [3.05, 3.63) is 23.2 Å². The monoisotopic (exact) mass is 361 g/mol. The Kier molecular flexibility index (Phi) is 3.64. The molecular weight excluding hydrogens is 338 g/mol. The van der Waals surface area contributed by atoms with Gasteiger partial charge in [0.15, 0.2) is 0 Å². The molecule has 5 rings (SSSR count). The van der Waals surface area contributed by atoms with Gasteiger partial charge >= 0.3 is 6.03 Å². The molecule has 0 saturated carbocycles. The summed E-state index contributed by atoms with van der Waals surface area (Å²) in [5.74, 6) is 0.760. The zero-order valence-electron chi connectivity index (χ0n) is 14.5. The summed E-state index contributed by atoms with van der Waals surface area (Å²) in [6, 6.07) is 7.37. The topological polar surface area (TPSA) is 36.0 Å². The Bertz CT molecular complexity index is 698. The van der Waals surface area contributed by atoms with Crippen molar-refractivity contribution in [2.24, 2.45) is 0 Å². The fourth-order valence-electron chi connectivity index (χ4n) is 5.24. The summed E-state index contributed by atoms with van der Waals surface area (Å²) in [6.07, 6.45) is 6.06. The van der Waals surface area contributed by atoms with Gasteiger partial charge in [0, 0.05) is 29.7 Å². The molecule has 4 aliphatic rings. The van der Waals surface area contributed by atoms with Crippen molar-refractivity contribution >= 4 is 23.3 Å². The Morgan fingerprint density at radius 2 is 1.88 bits per heavy atom. The van der Waals surface area contributed by atoms with Crippen LogP contribution in [-0.4, -0.2) is 60.2 Å². The van der Waals surface area contributed by atoms with E-state index >= 15 is 0 Å². The zero-order valence-corrected chi connectivity index (χ0v) is 15.3. The first-order valence-electron chi connectivity index (χ1n) is 9.36. The maximum Gasteiger partial charge on any atom is 0.325 e. The van der Waals surface area contributed by atoms with Gasteiger partial charge in [0.05, 0.1) is 11.7 Å². The third kappa shape index (κ3) is 2.43. The maximum absolute atomic E-state index is 13.3. The molecular formula is C19H24ClN3O2. The summed E-state index contributed by atoms with van der Waals surface area (Å²) in [5, 5.41) is 0.642. The van der Waals surface area contributed by atoms with Gasteiger partial charge in [-0.2, -0.15) is 0 Å². The lowest BCUT2D eigenvalue weighted by molar-refractivity contribution is 0.0240. The second-order valence-electron chi connectivity index (χ2n) is 7.91. The maximum atomic E-state index is 13.3. The van der Waals surface area contributed by atoms with Crippen LogP contribution >= 0.6 is 11.6 Å². The molecule has 0 N–H and O–H groups in total. The van der Waals surface area contributed by atoms with Crippen molar-refractivity contribution in [1.29, 1.82) is 0 Å². The van der Waals surface area contributed by atoms with E-state index in [4.69, 9.17) is 16.3 Å². The molecule has 4 aliphatic heterocycles. The number of fused-ring (bicyclic) bond motifs is 5. The molecule has 3 saturated heterocycles. The van der Waals surface area contributed by atoms with Crippen LogP contribution in [0.15, 0.2) is 18.2 Å². The van der Waals surface area contributed by atoms with Gasteiger partial charge in [-0.05, 0) is 50.9 Å². The first-order chi connectivity index (χ1) is 12.1. The molecule has 4 heterocycles. The first kappa shape index (κ1) is 15.8. The Morgan fingerprint density at radius 1 is 1.12 bits per heavy atom. The number of ether oxygens (including phenoxy) is 1. The predicted octanol–water partition coefficient (Wildman–Crippen LogP) is 3.36. The summed E-state index contributed by atoms with van der Waals surface area (Å²) in [6.45, 7) is 1.33. The second-order valence-corrected chi connectivity index (χ2v) is 8.35. The molecule has 134 valence electrons. The lowest BCUT2D eigenvalue weighted by atomic mass is 9.82. The van der Waals surface area contributed by atoms with Crippen molar-refractivity contribution < 1.29 is 9.53 Å². The highest BCUT2D eigenvalue weighted by Crippen LogP contribution is 2.42. The van der Waals surface area contributed by atoms with Crippen LogP contribution in [0.5, 0.6) is 5.75 Å². The number of carbonyl (C=O) groups is 1. The van der Waals surface area contributed by atoms with Gasteiger partial charge in [0.1, 0.15) is 12.4 Å². The number of halogens is 1. The smallest absolute Gasteiger partial charge is 0.325 e. The van der Waals surface area contributed by atoms with Crippen LogP contribution in [0.25, 0.3) is 0 Å². The Balaban J connectivity index is 1.42. The third-order valence-corrected chi connectivity index (χ3v) is 6.83. The van der Waals surface area contributed by atoms with E-state index in [9.17, 15) is 4.79 Å². The van der Waals surface area contributed by atoms with Gasteiger partial charge in [0.25, 0.3) is 0 Å². The number of urea groups is 1. The molecule has 1 aromatic carbocycles. The number of amides is 2. The van der Waals surface area contributed by atoms with Crippen molar-refractivity contribution in [3.63, 3.8) is 0 Å². The molecule has 0 aromatic heterocycles. The Hall–Kier alpha value is -1.46. The molecule has 3 unspecified atom stereocenters. The van der Waals surface area contributed by atoms with Crippen LogP contribution in [0.1, 0.15) is 32.1 Å². The standard InChI is InChI=1S/C19H24ClN3O2/c1-21-13-3-2-4-14(21)9-15(8-13)22-10-16-11-25-18-6-5-12(20)7-17(18)23(16)19(22)24/h5-7,13-16H,2-4,8-11H2,1H3. The van der Waals surface area contributed by atoms with Crippen LogP contribution < -0.4 is 9.64 Å². The minimum absolute atomic E-state index is 0.0953. The number of nitrogens with zero attached hydrogens (tertiary/aromatic N) is 3. The zero-order chi connectivity index (χ0) is 17.1. The number of rotatable bonds is 1. The Morgan fingerprint density at radius 3 is 2.64 bits per heavy atom. The fraction of sp³-hybridized carbons (Fsp3) is 0.632. The van der Waals surface area contributed by atoms with E-state index in [1.807, 2.05) is 23.1 Å². The highest BCUT2D eigenvalue weighted by Gasteiger charge is 2.47. The summed E-state index contributed by atoms with van der Waals surface area (Å²) in [7, 11) is 2.26. The number of hydrogen-bond acceptors (Lipinski definition) is 3. The molecule has 3 atom stereocenters. The molecule has 3 fully saturated rings. The quantitative estimate of drug-likeness (QED) is 0.769. The number of anilines is 1. The van der Waals surface area contributed by atoms with Gasteiger partial charge in [-0.1, -0.05) is 18.0 Å². The minimum Gasteiger partial charge on any atom is -0.489 e. The van der Waals surface area contributed by atoms with Gasteiger partial charge in [-0.25, -0.2) is 4.79 Å². The lowest BCUT2D eigenvalue weighted by Gasteiger charge is -2.48. The highest BCUT2D eigenvalue weighted by molar-refractivity contribution is 6.31. The van der Waals surface area contributed by atoms with Crippen LogP contribution in [0.4, 0.5) is 10.5 Å². The van der Waals surface area contributed by atoms with E-state index in [-0.39, 0.29) is 12.1 Å². The van der Waals surface area contributed by atoms with Crippen molar-refractivity contribution in [2.75, 3.05) is 25.1 Å². The van der Waals surface area contributed by atoms with E-state index in [1.165, 1.54) is 19.3 Å².